The molecule has 0 spiro atoms. The first-order chi connectivity index (χ1) is 14.5. The Bertz CT molecular complexity index is 1110. The Hall–Kier alpha value is -3.46. The third kappa shape index (κ3) is 4.25. The second-order valence-corrected chi connectivity index (χ2v) is 6.93. The molecular weight excluding hydrogens is 406 g/mol. The van der Waals surface area contributed by atoms with Crippen LogP contribution in [0.1, 0.15) is 12.5 Å². The van der Waals surface area contributed by atoms with E-state index < -0.39 is 0 Å². The first-order valence-electron chi connectivity index (χ1n) is 9.10. The number of aromatic hydroxyl groups is 2. The molecule has 0 aliphatic rings. The van der Waals surface area contributed by atoms with E-state index in [-0.39, 0.29) is 11.5 Å². The standard InChI is InChI=1S/C21H23N3O5S/c1-5-22-21-24(23-11-13-6-7-15(25)10-17(13)26)16(12-30-21)14-8-18(27-2)20(29-4)19(9-14)28-3/h6-12,25-26H,5H2,1-4H3. The molecule has 9 heteroatoms. The van der Waals surface area contributed by atoms with Gasteiger partial charge < -0.3 is 24.4 Å². The van der Waals surface area contributed by atoms with Gasteiger partial charge in [0.05, 0.1) is 33.2 Å². The van der Waals surface area contributed by atoms with E-state index in [2.05, 4.69) is 10.1 Å². The van der Waals surface area contributed by atoms with Crippen molar-refractivity contribution >= 4 is 17.6 Å². The molecule has 0 aliphatic heterocycles. The van der Waals surface area contributed by atoms with Crippen molar-refractivity contribution in [2.24, 2.45) is 10.1 Å². The van der Waals surface area contributed by atoms with Crippen LogP contribution in [-0.2, 0) is 0 Å². The molecule has 2 aromatic carbocycles. The Balaban J connectivity index is 2.16. The first-order valence-corrected chi connectivity index (χ1v) is 9.98. The molecule has 0 atom stereocenters. The number of phenols is 2. The van der Waals surface area contributed by atoms with Crippen LogP contribution in [0.4, 0.5) is 0 Å². The maximum atomic E-state index is 10.0. The second-order valence-electron chi connectivity index (χ2n) is 6.09. The van der Waals surface area contributed by atoms with E-state index in [1.54, 1.807) is 32.1 Å². The molecule has 0 saturated carbocycles. The number of benzene rings is 2. The van der Waals surface area contributed by atoms with Gasteiger partial charge in [-0.25, -0.2) is 4.68 Å². The smallest absolute Gasteiger partial charge is 0.206 e. The number of thiazole rings is 1. The quantitative estimate of drug-likeness (QED) is 0.561. The van der Waals surface area contributed by atoms with Crippen LogP contribution in [0, 0.1) is 0 Å². The molecule has 1 aromatic heterocycles. The number of aromatic nitrogens is 1. The third-order valence-corrected chi connectivity index (χ3v) is 5.12. The Morgan fingerprint density at radius 1 is 1.03 bits per heavy atom. The number of rotatable bonds is 7. The van der Waals surface area contributed by atoms with Crippen molar-refractivity contribution in [2.75, 3.05) is 27.9 Å². The number of nitrogens with zero attached hydrogens (tertiary/aromatic N) is 3. The Labute approximate surface area is 177 Å². The number of ether oxygens (including phenoxy) is 3. The van der Waals surface area contributed by atoms with E-state index in [4.69, 9.17) is 14.2 Å². The van der Waals surface area contributed by atoms with E-state index in [9.17, 15) is 10.2 Å². The zero-order valence-corrected chi connectivity index (χ0v) is 17.9. The van der Waals surface area contributed by atoms with Crippen LogP contribution in [0.2, 0.25) is 0 Å². The van der Waals surface area contributed by atoms with Gasteiger partial charge in [0.15, 0.2) is 11.5 Å². The van der Waals surface area contributed by atoms with Crippen LogP contribution in [0.15, 0.2) is 45.8 Å². The largest absolute Gasteiger partial charge is 0.508 e. The predicted octanol–water partition coefficient (Wildman–Crippen LogP) is 3.46. The van der Waals surface area contributed by atoms with Crippen LogP contribution in [0.25, 0.3) is 11.3 Å². The number of hydrogen-bond acceptors (Lipinski definition) is 8. The molecule has 0 aliphatic carbocycles. The van der Waals surface area contributed by atoms with Crippen molar-refractivity contribution in [2.45, 2.75) is 6.92 Å². The molecule has 158 valence electrons. The highest BCUT2D eigenvalue weighted by molar-refractivity contribution is 7.07. The fraction of sp³-hybridized carbons (Fsp3) is 0.238. The molecule has 3 rings (SSSR count). The average Bonchev–Trinajstić information content (AvgIpc) is 3.14. The number of methoxy groups -OCH3 is 3. The van der Waals surface area contributed by atoms with Gasteiger partial charge in [0.2, 0.25) is 10.6 Å². The highest BCUT2D eigenvalue weighted by Gasteiger charge is 2.17. The monoisotopic (exact) mass is 429 g/mol. The second kappa shape index (κ2) is 9.36. The predicted molar refractivity (Wildman–Crippen MR) is 116 cm³/mol. The summed E-state index contributed by atoms with van der Waals surface area (Å²) >= 11 is 1.44. The molecule has 0 radical (unpaired) electrons. The topological polar surface area (TPSA) is 97.8 Å². The van der Waals surface area contributed by atoms with E-state index in [1.807, 2.05) is 24.4 Å². The molecule has 3 aromatic rings. The zero-order chi connectivity index (χ0) is 21.7. The lowest BCUT2D eigenvalue weighted by molar-refractivity contribution is 0.324. The van der Waals surface area contributed by atoms with Crippen molar-refractivity contribution in [3.63, 3.8) is 0 Å². The van der Waals surface area contributed by atoms with Gasteiger partial charge in [0.1, 0.15) is 11.5 Å². The average molecular weight is 429 g/mol. The van der Waals surface area contributed by atoms with Gasteiger partial charge in [-0.15, -0.1) is 11.3 Å². The fourth-order valence-corrected chi connectivity index (χ4v) is 3.74. The van der Waals surface area contributed by atoms with Crippen LogP contribution in [-0.4, -0.2) is 49.0 Å². The number of phenolic OH excluding ortho intramolecular Hbond substituents is 2. The molecule has 30 heavy (non-hydrogen) atoms. The molecule has 0 unspecified atom stereocenters. The van der Waals surface area contributed by atoms with Crippen molar-refractivity contribution in [1.82, 2.24) is 4.68 Å². The Kier molecular flexibility index (Phi) is 6.63. The lowest BCUT2D eigenvalue weighted by Gasteiger charge is -2.14. The lowest BCUT2D eigenvalue weighted by Crippen LogP contribution is -2.12. The van der Waals surface area contributed by atoms with Crippen LogP contribution < -0.4 is 19.0 Å². The van der Waals surface area contributed by atoms with Crippen molar-refractivity contribution in [1.29, 1.82) is 0 Å². The van der Waals surface area contributed by atoms with Crippen LogP contribution in [0.5, 0.6) is 28.7 Å². The van der Waals surface area contributed by atoms with E-state index >= 15 is 0 Å². The molecule has 2 N–H and O–H groups in total. The molecule has 1 heterocycles. The minimum atomic E-state index is -0.0714. The third-order valence-electron chi connectivity index (χ3n) is 4.27. The summed E-state index contributed by atoms with van der Waals surface area (Å²) in [6.45, 7) is 2.54. The van der Waals surface area contributed by atoms with Gasteiger partial charge in [0, 0.05) is 29.1 Å². The molecule has 0 fully saturated rings. The number of hydrogen-bond donors (Lipinski definition) is 2. The summed E-state index contributed by atoms with van der Waals surface area (Å²) in [5.41, 5.74) is 2.02. The van der Waals surface area contributed by atoms with E-state index in [1.165, 1.54) is 29.7 Å². The summed E-state index contributed by atoms with van der Waals surface area (Å²) in [5.74, 6) is 1.46. The van der Waals surface area contributed by atoms with Crippen LogP contribution in [0.3, 0.4) is 0 Å². The molecule has 0 bridgehead atoms. The van der Waals surface area contributed by atoms with Crippen molar-refractivity contribution in [3.05, 3.63) is 46.1 Å². The maximum absolute atomic E-state index is 10.0. The first kappa shape index (κ1) is 21.3. The molecule has 0 saturated heterocycles. The fourth-order valence-electron chi connectivity index (χ4n) is 2.84. The molecule has 0 amide bonds. The molecular formula is C21H23N3O5S. The van der Waals surface area contributed by atoms with Crippen LogP contribution >= 0.6 is 11.3 Å². The minimum Gasteiger partial charge on any atom is -0.508 e. The summed E-state index contributed by atoms with van der Waals surface area (Å²) in [4.78, 5) is 5.19. The molecule has 8 nitrogen and oxygen atoms in total. The summed E-state index contributed by atoms with van der Waals surface area (Å²) in [5, 5.41) is 26.0. The van der Waals surface area contributed by atoms with Gasteiger partial charge in [-0.3, -0.25) is 4.99 Å². The summed E-state index contributed by atoms with van der Waals surface area (Å²) in [7, 11) is 4.68. The SMILES string of the molecule is CCN=c1scc(-c2cc(OC)c(OC)c(OC)c2)n1N=Cc1ccc(O)cc1O. The van der Waals surface area contributed by atoms with Crippen molar-refractivity contribution in [3.8, 4) is 40.0 Å². The van der Waals surface area contributed by atoms with Gasteiger partial charge in [0.25, 0.3) is 0 Å². The summed E-state index contributed by atoms with van der Waals surface area (Å²) in [6, 6.07) is 8.00. The zero-order valence-electron chi connectivity index (χ0n) is 17.1. The van der Waals surface area contributed by atoms with Gasteiger partial charge >= 0.3 is 0 Å². The normalized spacial score (nSPS) is 11.8. The van der Waals surface area contributed by atoms with Gasteiger partial charge in [-0.05, 0) is 31.2 Å². The van der Waals surface area contributed by atoms with E-state index in [0.29, 0.717) is 34.2 Å². The highest BCUT2D eigenvalue weighted by atomic mass is 32.1. The van der Waals surface area contributed by atoms with Gasteiger partial charge in [-0.2, -0.15) is 5.10 Å². The Morgan fingerprint density at radius 2 is 1.73 bits per heavy atom. The van der Waals surface area contributed by atoms with Crippen molar-refractivity contribution < 1.29 is 24.4 Å². The minimum absolute atomic E-state index is 0.0207. The highest BCUT2D eigenvalue weighted by Crippen LogP contribution is 2.41. The lowest BCUT2D eigenvalue weighted by atomic mass is 10.1. The Morgan fingerprint density at radius 3 is 2.30 bits per heavy atom. The maximum Gasteiger partial charge on any atom is 0.206 e. The summed E-state index contributed by atoms with van der Waals surface area (Å²) < 4.78 is 18.0. The summed E-state index contributed by atoms with van der Waals surface area (Å²) in [6.07, 6.45) is 1.51. The van der Waals surface area contributed by atoms with Gasteiger partial charge in [-0.1, -0.05) is 0 Å². The van der Waals surface area contributed by atoms with E-state index in [0.717, 1.165) is 11.3 Å².